The number of rotatable bonds is 5. The number of hydrogen-bond acceptors (Lipinski definition) is 4. The van der Waals surface area contributed by atoms with Crippen molar-refractivity contribution < 1.29 is 0 Å². The van der Waals surface area contributed by atoms with Crippen molar-refractivity contribution in [1.82, 2.24) is 14.7 Å². The molecule has 1 aliphatic carbocycles. The van der Waals surface area contributed by atoms with Crippen molar-refractivity contribution >= 4 is 0 Å². The summed E-state index contributed by atoms with van der Waals surface area (Å²) in [5, 5.41) is 0. The first-order valence-electron chi connectivity index (χ1n) is 7.41. The molecular formula is C14H30N4. The fourth-order valence-electron chi connectivity index (χ4n) is 3.11. The fraction of sp³-hybridized carbons (Fsp3) is 1.00. The number of hydrogen-bond donors (Lipinski definition) is 1. The second-order valence-electron chi connectivity index (χ2n) is 6.38. The van der Waals surface area contributed by atoms with Crippen molar-refractivity contribution in [2.45, 2.75) is 43.8 Å². The van der Waals surface area contributed by atoms with Gasteiger partial charge in [-0.25, -0.2) is 0 Å². The normalized spacial score (nSPS) is 31.0. The van der Waals surface area contributed by atoms with E-state index in [9.17, 15) is 0 Å². The first-order valence-corrected chi connectivity index (χ1v) is 7.41. The second-order valence-corrected chi connectivity index (χ2v) is 6.38. The topological polar surface area (TPSA) is 35.7 Å². The van der Waals surface area contributed by atoms with E-state index in [1.54, 1.807) is 0 Å². The summed E-state index contributed by atoms with van der Waals surface area (Å²) in [6.07, 6.45) is 5.03. The van der Waals surface area contributed by atoms with E-state index in [0.29, 0.717) is 6.04 Å². The summed E-state index contributed by atoms with van der Waals surface area (Å²) in [5.41, 5.74) is 5.85. The van der Waals surface area contributed by atoms with Crippen molar-refractivity contribution in [2.75, 3.05) is 47.3 Å². The van der Waals surface area contributed by atoms with Crippen molar-refractivity contribution in [3.63, 3.8) is 0 Å². The Morgan fingerprint density at radius 1 is 1.00 bits per heavy atom. The van der Waals surface area contributed by atoms with Crippen LogP contribution in [0.4, 0.5) is 0 Å². The Morgan fingerprint density at radius 3 is 2.00 bits per heavy atom. The third-order valence-corrected chi connectivity index (χ3v) is 4.89. The van der Waals surface area contributed by atoms with Crippen LogP contribution in [-0.2, 0) is 0 Å². The lowest BCUT2D eigenvalue weighted by Crippen LogP contribution is -2.51. The molecular weight excluding hydrogens is 224 g/mol. The molecule has 0 aromatic heterocycles. The molecule has 18 heavy (non-hydrogen) atoms. The van der Waals surface area contributed by atoms with Gasteiger partial charge in [0.15, 0.2) is 0 Å². The molecule has 106 valence electrons. The number of nitrogens with two attached hydrogens (primary N) is 1. The number of likely N-dealkylation sites (N-methyl/N-ethyl adjacent to an activating group) is 2. The van der Waals surface area contributed by atoms with E-state index in [1.165, 1.54) is 51.9 Å². The molecule has 0 amide bonds. The zero-order valence-electron chi connectivity index (χ0n) is 12.3. The maximum Gasteiger partial charge on any atom is 0.0122 e. The van der Waals surface area contributed by atoms with E-state index in [1.807, 2.05) is 0 Å². The minimum atomic E-state index is 0.462. The lowest BCUT2D eigenvalue weighted by atomic mass is 9.86. The van der Waals surface area contributed by atoms with Crippen molar-refractivity contribution in [1.29, 1.82) is 0 Å². The third-order valence-electron chi connectivity index (χ3n) is 4.89. The van der Waals surface area contributed by atoms with Gasteiger partial charge in [-0.05, 0) is 59.9 Å². The molecule has 1 aliphatic heterocycles. The molecule has 2 fully saturated rings. The molecule has 4 nitrogen and oxygen atoms in total. The monoisotopic (exact) mass is 254 g/mol. The Kier molecular flexibility index (Phi) is 5.01. The van der Waals surface area contributed by atoms with Crippen LogP contribution in [0.3, 0.4) is 0 Å². The Hall–Kier alpha value is -0.160. The van der Waals surface area contributed by atoms with Crippen LogP contribution in [0.5, 0.6) is 0 Å². The Labute approximate surface area is 112 Å². The van der Waals surface area contributed by atoms with E-state index in [-0.39, 0.29) is 0 Å². The van der Waals surface area contributed by atoms with Crippen LogP contribution < -0.4 is 5.73 Å². The Morgan fingerprint density at radius 2 is 1.50 bits per heavy atom. The SMILES string of the molecule is CN1CCC(N(C)CCN(C)C2CC(N)C2)CC1. The van der Waals surface area contributed by atoms with Crippen LogP contribution in [0.25, 0.3) is 0 Å². The summed E-state index contributed by atoms with van der Waals surface area (Å²) in [7, 11) is 6.76. The number of nitrogens with zero attached hydrogens (tertiary/aromatic N) is 3. The Bertz CT molecular complexity index is 244. The average Bonchev–Trinajstić information content (AvgIpc) is 2.32. The lowest BCUT2D eigenvalue weighted by Gasteiger charge is -2.41. The van der Waals surface area contributed by atoms with Crippen LogP contribution in [0, 0.1) is 0 Å². The molecule has 2 rings (SSSR count). The predicted molar refractivity (Wildman–Crippen MR) is 76.8 cm³/mol. The van der Waals surface area contributed by atoms with Crippen LogP contribution in [-0.4, -0.2) is 80.1 Å². The standard InChI is InChI=1S/C14H30N4/c1-16-6-4-13(5-7-16)17(2)8-9-18(3)14-10-12(15)11-14/h12-14H,4-11,15H2,1-3H3. The zero-order valence-corrected chi connectivity index (χ0v) is 12.3. The van der Waals surface area contributed by atoms with Gasteiger partial charge >= 0.3 is 0 Å². The van der Waals surface area contributed by atoms with Crippen molar-refractivity contribution in [3.8, 4) is 0 Å². The summed E-state index contributed by atoms with van der Waals surface area (Å²) < 4.78 is 0. The van der Waals surface area contributed by atoms with Crippen LogP contribution >= 0.6 is 0 Å². The highest BCUT2D eigenvalue weighted by atomic mass is 15.2. The molecule has 0 radical (unpaired) electrons. The van der Waals surface area contributed by atoms with Gasteiger partial charge in [0, 0.05) is 31.2 Å². The molecule has 0 spiro atoms. The number of piperidine rings is 1. The molecule has 0 atom stereocenters. The van der Waals surface area contributed by atoms with Gasteiger partial charge in [0.1, 0.15) is 0 Å². The molecule has 0 aromatic rings. The van der Waals surface area contributed by atoms with Crippen molar-refractivity contribution in [2.24, 2.45) is 5.73 Å². The van der Waals surface area contributed by atoms with Crippen LogP contribution in [0.15, 0.2) is 0 Å². The van der Waals surface area contributed by atoms with E-state index in [0.717, 1.165) is 12.1 Å². The summed E-state index contributed by atoms with van der Waals surface area (Å²) in [5.74, 6) is 0. The maximum atomic E-state index is 5.85. The lowest BCUT2D eigenvalue weighted by molar-refractivity contribution is 0.0995. The molecule has 1 heterocycles. The van der Waals surface area contributed by atoms with Gasteiger partial charge in [0.05, 0.1) is 0 Å². The largest absolute Gasteiger partial charge is 0.328 e. The van der Waals surface area contributed by atoms with Gasteiger partial charge in [0.2, 0.25) is 0 Å². The second kappa shape index (κ2) is 6.33. The van der Waals surface area contributed by atoms with Gasteiger partial charge < -0.3 is 20.4 Å². The van der Waals surface area contributed by atoms with Gasteiger partial charge in [0.25, 0.3) is 0 Å². The molecule has 0 aromatic carbocycles. The smallest absolute Gasteiger partial charge is 0.0122 e. The molecule has 2 N–H and O–H groups in total. The van der Waals surface area contributed by atoms with Gasteiger partial charge in [-0.1, -0.05) is 0 Å². The first kappa shape index (κ1) is 14.3. The van der Waals surface area contributed by atoms with Gasteiger partial charge in [-0.2, -0.15) is 0 Å². The summed E-state index contributed by atoms with van der Waals surface area (Å²) in [6.45, 7) is 4.88. The predicted octanol–water partition coefficient (Wildman–Crippen LogP) is 0.434. The third kappa shape index (κ3) is 3.67. The molecule has 0 unspecified atom stereocenters. The highest BCUT2D eigenvalue weighted by Crippen LogP contribution is 2.22. The quantitative estimate of drug-likeness (QED) is 0.772. The van der Waals surface area contributed by atoms with E-state index in [2.05, 4.69) is 35.8 Å². The molecule has 1 saturated carbocycles. The van der Waals surface area contributed by atoms with Crippen molar-refractivity contribution in [3.05, 3.63) is 0 Å². The maximum absolute atomic E-state index is 5.85. The van der Waals surface area contributed by atoms with Crippen LogP contribution in [0.1, 0.15) is 25.7 Å². The zero-order chi connectivity index (χ0) is 13.1. The van der Waals surface area contributed by atoms with E-state index >= 15 is 0 Å². The number of likely N-dealkylation sites (tertiary alicyclic amines) is 1. The minimum absolute atomic E-state index is 0.462. The average molecular weight is 254 g/mol. The fourth-order valence-corrected chi connectivity index (χ4v) is 3.11. The van der Waals surface area contributed by atoms with Gasteiger partial charge in [-0.3, -0.25) is 0 Å². The first-order chi connectivity index (χ1) is 8.56. The highest BCUT2D eigenvalue weighted by Gasteiger charge is 2.29. The molecule has 0 bridgehead atoms. The summed E-state index contributed by atoms with van der Waals surface area (Å²) in [4.78, 5) is 7.49. The van der Waals surface area contributed by atoms with E-state index in [4.69, 9.17) is 5.73 Å². The van der Waals surface area contributed by atoms with E-state index < -0.39 is 0 Å². The molecule has 4 heteroatoms. The molecule has 2 aliphatic rings. The Balaban J connectivity index is 1.63. The molecule has 1 saturated heterocycles. The van der Waals surface area contributed by atoms with Crippen LogP contribution in [0.2, 0.25) is 0 Å². The minimum Gasteiger partial charge on any atom is -0.328 e. The summed E-state index contributed by atoms with van der Waals surface area (Å²) in [6, 6.07) is 1.99. The van der Waals surface area contributed by atoms with Gasteiger partial charge in [-0.15, -0.1) is 0 Å². The highest BCUT2D eigenvalue weighted by molar-refractivity contribution is 4.88. The summed E-state index contributed by atoms with van der Waals surface area (Å²) >= 11 is 0.